The minimum atomic E-state index is -0.186. The van der Waals surface area contributed by atoms with Gasteiger partial charge >= 0.3 is 0 Å². The van der Waals surface area contributed by atoms with Crippen molar-refractivity contribution < 1.29 is 19.1 Å². The summed E-state index contributed by atoms with van der Waals surface area (Å²) in [6, 6.07) is 7.45. The summed E-state index contributed by atoms with van der Waals surface area (Å²) in [5.74, 6) is 1.32. The van der Waals surface area contributed by atoms with Crippen molar-refractivity contribution in [2.45, 2.75) is 13.5 Å². The topological polar surface area (TPSA) is 84.0 Å². The fraction of sp³-hybridized carbons (Fsp3) is 0.350. The molecule has 2 amide bonds. The largest absolute Gasteiger partial charge is 0.454 e. The molecule has 1 N–H and O–H groups in total. The number of amides is 2. The van der Waals surface area contributed by atoms with Crippen molar-refractivity contribution in [1.29, 1.82) is 0 Å². The molecule has 4 rings (SSSR count). The van der Waals surface area contributed by atoms with Gasteiger partial charge in [0.1, 0.15) is 0 Å². The van der Waals surface area contributed by atoms with Crippen LogP contribution in [0.3, 0.4) is 0 Å². The number of ether oxygens (including phenoxy) is 2. The van der Waals surface area contributed by atoms with E-state index in [-0.39, 0.29) is 18.6 Å². The van der Waals surface area contributed by atoms with E-state index in [1.54, 1.807) is 19.3 Å². The minimum absolute atomic E-state index is 0.0921. The zero-order chi connectivity index (χ0) is 19.5. The Labute approximate surface area is 163 Å². The first-order valence-corrected chi connectivity index (χ1v) is 9.22. The second kappa shape index (κ2) is 7.75. The molecular weight excluding hydrogens is 360 g/mol. The number of fused-ring (bicyclic) bond motifs is 1. The SMILES string of the molecule is CC(=O)N1CCN(c2cncc(C(=O)NCc3ccc4c(c3)OCO4)c2)CC1. The highest BCUT2D eigenvalue weighted by atomic mass is 16.7. The highest BCUT2D eigenvalue weighted by Crippen LogP contribution is 2.32. The molecule has 0 bridgehead atoms. The molecule has 1 aromatic carbocycles. The van der Waals surface area contributed by atoms with Crippen molar-refractivity contribution in [3.8, 4) is 11.5 Å². The van der Waals surface area contributed by atoms with E-state index in [4.69, 9.17) is 9.47 Å². The fourth-order valence-electron chi connectivity index (χ4n) is 3.34. The first kappa shape index (κ1) is 18.1. The lowest BCUT2D eigenvalue weighted by atomic mass is 10.2. The number of nitrogens with zero attached hydrogens (tertiary/aromatic N) is 3. The first-order valence-electron chi connectivity index (χ1n) is 9.22. The van der Waals surface area contributed by atoms with E-state index in [0.29, 0.717) is 30.9 Å². The minimum Gasteiger partial charge on any atom is -0.454 e. The quantitative estimate of drug-likeness (QED) is 0.861. The summed E-state index contributed by atoms with van der Waals surface area (Å²) in [6.45, 7) is 5.00. The van der Waals surface area contributed by atoms with Gasteiger partial charge in [0, 0.05) is 45.8 Å². The van der Waals surface area contributed by atoms with E-state index in [2.05, 4.69) is 15.2 Å². The number of benzene rings is 1. The third-order valence-electron chi connectivity index (χ3n) is 4.97. The maximum Gasteiger partial charge on any atom is 0.253 e. The van der Waals surface area contributed by atoms with Gasteiger partial charge in [0.2, 0.25) is 12.7 Å². The van der Waals surface area contributed by atoms with E-state index in [1.165, 1.54) is 0 Å². The van der Waals surface area contributed by atoms with E-state index in [0.717, 1.165) is 30.1 Å². The van der Waals surface area contributed by atoms with Crippen molar-refractivity contribution in [2.24, 2.45) is 0 Å². The molecule has 0 aliphatic carbocycles. The Kier molecular flexibility index (Phi) is 5.01. The Morgan fingerprint density at radius 3 is 2.64 bits per heavy atom. The second-order valence-electron chi connectivity index (χ2n) is 6.80. The lowest BCUT2D eigenvalue weighted by Crippen LogP contribution is -2.48. The van der Waals surface area contributed by atoms with Crippen LogP contribution in [0.5, 0.6) is 11.5 Å². The highest BCUT2D eigenvalue weighted by molar-refractivity contribution is 5.94. The highest BCUT2D eigenvalue weighted by Gasteiger charge is 2.20. The standard InChI is InChI=1S/C20H22N4O4/c1-14(25)23-4-6-24(7-5-23)17-9-16(11-21-12-17)20(26)22-10-15-2-3-18-19(8-15)28-13-27-18/h2-3,8-9,11-12H,4-7,10,13H2,1H3,(H,22,26). The molecule has 0 saturated carbocycles. The summed E-state index contributed by atoms with van der Waals surface area (Å²) in [5.41, 5.74) is 2.33. The van der Waals surface area contributed by atoms with Gasteiger partial charge in [-0.2, -0.15) is 0 Å². The predicted molar refractivity (Wildman–Crippen MR) is 102 cm³/mol. The number of hydrogen-bond donors (Lipinski definition) is 1. The van der Waals surface area contributed by atoms with Crippen LogP contribution < -0.4 is 19.7 Å². The summed E-state index contributed by atoms with van der Waals surface area (Å²) < 4.78 is 10.7. The van der Waals surface area contributed by atoms with E-state index in [9.17, 15) is 9.59 Å². The average Bonchev–Trinajstić information content (AvgIpc) is 3.20. The molecule has 2 aliphatic rings. The van der Waals surface area contributed by atoms with Crippen molar-refractivity contribution in [3.63, 3.8) is 0 Å². The molecule has 0 spiro atoms. The number of carbonyl (C=O) groups excluding carboxylic acids is 2. The van der Waals surface area contributed by atoms with Crippen LogP contribution in [0.2, 0.25) is 0 Å². The number of hydrogen-bond acceptors (Lipinski definition) is 6. The zero-order valence-electron chi connectivity index (χ0n) is 15.7. The Bertz CT molecular complexity index is 894. The van der Waals surface area contributed by atoms with Gasteiger partial charge in [-0.05, 0) is 23.8 Å². The molecular formula is C20H22N4O4. The van der Waals surface area contributed by atoms with Gasteiger partial charge in [0.05, 0.1) is 17.4 Å². The molecule has 0 radical (unpaired) electrons. The lowest BCUT2D eigenvalue weighted by molar-refractivity contribution is -0.129. The lowest BCUT2D eigenvalue weighted by Gasteiger charge is -2.35. The maximum atomic E-state index is 12.5. The molecule has 2 aliphatic heterocycles. The first-order chi connectivity index (χ1) is 13.6. The Morgan fingerprint density at radius 2 is 1.86 bits per heavy atom. The average molecular weight is 382 g/mol. The van der Waals surface area contributed by atoms with Crippen LogP contribution in [-0.2, 0) is 11.3 Å². The van der Waals surface area contributed by atoms with Crippen molar-refractivity contribution in [2.75, 3.05) is 37.9 Å². The number of piperazine rings is 1. The number of pyridine rings is 1. The molecule has 0 atom stereocenters. The molecule has 8 nitrogen and oxygen atoms in total. The molecule has 2 aromatic rings. The molecule has 3 heterocycles. The predicted octanol–water partition coefficient (Wildman–Crippen LogP) is 1.41. The van der Waals surface area contributed by atoms with E-state index < -0.39 is 0 Å². The Morgan fingerprint density at radius 1 is 1.07 bits per heavy atom. The summed E-state index contributed by atoms with van der Waals surface area (Å²) in [5, 5.41) is 2.91. The van der Waals surface area contributed by atoms with E-state index in [1.807, 2.05) is 29.2 Å². The van der Waals surface area contributed by atoms with Crippen molar-refractivity contribution in [3.05, 3.63) is 47.8 Å². The van der Waals surface area contributed by atoms with Crippen LogP contribution in [0.15, 0.2) is 36.7 Å². The van der Waals surface area contributed by atoms with Crippen LogP contribution in [0.1, 0.15) is 22.8 Å². The molecule has 1 fully saturated rings. The van der Waals surface area contributed by atoms with Gasteiger partial charge in [0.25, 0.3) is 5.91 Å². The van der Waals surface area contributed by atoms with Crippen LogP contribution in [0.4, 0.5) is 5.69 Å². The van der Waals surface area contributed by atoms with Crippen LogP contribution in [0, 0.1) is 0 Å². The molecule has 1 aromatic heterocycles. The van der Waals surface area contributed by atoms with Crippen LogP contribution in [0.25, 0.3) is 0 Å². The third kappa shape index (κ3) is 3.85. The number of nitrogens with one attached hydrogen (secondary N) is 1. The number of carbonyl (C=O) groups is 2. The summed E-state index contributed by atoms with van der Waals surface area (Å²) in [6.07, 6.45) is 3.31. The zero-order valence-corrected chi connectivity index (χ0v) is 15.7. The van der Waals surface area contributed by atoms with Gasteiger partial charge in [-0.3, -0.25) is 14.6 Å². The maximum absolute atomic E-state index is 12.5. The van der Waals surface area contributed by atoms with Gasteiger partial charge in [-0.1, -0.05) is 6.07 Å². The third-order valence-corrected chi connectivity index (χ3v) is 4.97. The second-order valence-corrected chi connectivity index (χ2v) is 6.80. The molecule has 146 valence electrons. The van der Waals surface area contributed by atoms with Crippen molar-refractivity contribution in [1.82, 2.24) is 15.2 Å². The number of rotatable bonds is 4. The fourth-order valence-corrected chi connectivity index (χ4v) is 3.34. The molecule has 1 saturated heterocycles. The van der Waals surface area contributed by atoms with Crippen molar-refractivity contribution >= 4 is 17.5 Å². The number of aromatic nitrogens is 1. The monoisotopic (exact) mass is 382 g/mol. The molecule has 8 heteroatoms. The van der Waals surface area contributed by atoms with Gasteiger partial charge in [-0.15, -0.1) is 0 Å². The van der Waals surface area contributed by atoms with Gasteiger partial charge in [-0.25, -0.2) is 0 Å². The normalized spacial score (nSPS) is 15.5. The Hall–Kier alpha value is -3.29. The summed E-state index contributed by atoms with van der Waals surface area (Å²) >= 11 is 0. The molecule has 0 unspecified atom stereocenters. The van der Waals surface area contributed by atoms with E-state index >= 15 is 0 Å². The number of anilines is 1. The summed E-state index contributed by atoms with van der Waals surface area (Å²) in [4.78, 5) is 32.2. The van der Waals surface area contributed by atoms with Gasteiger partial charge in [0.15, 0.2) is 11.5 Å². The Balaban J connectivity index is 1.37. The van der Waals surface area contributed by atoms with Crippen LogP contribution in [-0.4, -0.2) is 54.7 Å². The van der Waals surface area contributed by atoms with Crippen LogP contribution >= 0.6 is 0 Å². The summed E-state index contributed by atoms with van der Waals surface area (Å²) in [7, 11) is 0. The van der Waals surface area contributed by atoms with Gasteiger partial charge < -0.3 is 24.6 Å². The molecule has 28 heavy (non-hydrogen) atoms. The smallest absolute Gasteiger partial charge is 0.253 e.